The Morgan fingerprint density at radius 1 is 1.30 bits per heavy atom. The highest BCUT2D eigenvalue weighted by atomic mass is 35.5. The van der Waals surface area contributed by atoms with Crippen molar-refractivity contribution in [3.8, 4) is 0 Å². The van der Waals surface area contributed by atoms with Gasteiger partial charge >= 0.3 is 0 Å². The van der Waals surface area contributed by atoms with E-state index in [9.17, 15) is 0 Å². The van der Waals surface area contributed by atoms with Gasteiger partial charge in [0.05, 0.1) is 12.1 Å². The summed E-state index contributed by atoms with van der Waals surface area (Å²) >= 11 is 6.17. The van der Waals surface area contributed by atoms with Crippen LogP contribution in [-0.2, 0) is 16.1 Å². The van der Waals surface area contributed by atoms with Gasteiger partial charge in [-0.05, 0) is 11.5 Å². The summed E-state index contributed by atoms with van der Waals surface area (Å²) < 4.78 is 10.8. The zero-order valence-electron chi connectivity index (χ0n) is 12.2. The summed E-state index contributed by atoms with van der Waals surface area (Å²) in [6, 6.07) is 9.91. The molecule has 1 rings (SSSR count). The monoisotopic (exact) mass is 292 g/mol. The van der Waals surface area contributed by atoms with Crippen LogP contribution in [-0.4, -0.2) is 7.11 Å². The van der Waals surface area contributed by atoms with Crippen molar-refractivity contribution in [2.24, 2.45) is 5.92 Å². The largest absolute Gasteiger partial charge is 0.495 e. The van der Waals surface area contributed by atoms with Gasteiger partial charge < -0.3 is 9.47 Å². The van der Waals surface area contributed by atoms with Gasteiger partial charge in [0.25, 0.3) is 0 Å². The predicted octanol–water partition coefficient (Wildman–Crippen LogP) is 5.03. The molecule has 0 aliphatic rings. The molecule has 0 saturated carbocycles. The third-order valence-corrected chi connectivity index (χ3v) is 2.81. The molecule has 0 radical (unpaired) electrons. The van der Waals surface area contributed by atoms with E-state index in [1.54, 1.807) is 13.2 Å². The van der Waals surface area contributed by atoms with E-state index in [0.29, 0.717) is 29.1 Å². The van der Waals surface area contributed by atoms with Gasteiger partial charge in [-0.3, -0.25) is 0 Å². The van der Waals surface area contributed by atoms with Crippen molar-refractivity contribution in [2.45, 2.75) is 20.5 Å². The molecule has 1 aromatic carbocycles. The topological polar surface area (TPSA) is 18.5 Å². The van der Waals surface area contributed by atoms with Crippen molar-refractivity contribution in [1.82, 2.24) is 0 Å². The average molecular weight is 293 g/mol. The highest BCUT2D eigenvalue weighted by Crippen LogP contribution is 2.20. The zero-order valence-corrected chi connectivity index (χ0v) is 13.0. The summed E-state index contributed by atoms with van der Waals surface area (Å²) in [5, 5.41) is 0.562. The normalized spacial score (nSPS) is 12.4. The van der Waals surface area contributed by atoms with Crippen LogP contribution < -0.4 is 0 Å². The lowest BCUT2D eigenvalue weighted by molar-refractivity contribution is 0.209. The Morgan fingerprint density at radius 2 is 1.95 bits per heavy atom. The van der Waals surface area contributed by atoms with Crippen LogP contribution in [0.4, 0.5) is 0 Å². The Kier molecular flexibility index (Phi) is 6.96. The van der Waals surface area contributed by atoms with E-state index in [1.807, 2.05) is 36.4 Å². The van der Waals surface area contributed by atoms with Crippen LogP contribution in [0.2, 0.25) is 0 Å². The Balaban J connectivity index is 2.64. The van der Waals surface area contributed by atoms with E-state index in [2.05, 4.69) is 20.4 Å². The molecular formula is C17H21ClO2. The van der Waals surface area contributed by atoms with Gasteiger partial charge in [0, 0.05) is 6.08 Å². The third kappa shape index (κ3) is 5.98. The van der Waals surface area contributed by atoms with Crippen molar-refractivity contribution in [3.05, 3.63) is 71.2 Å². The molecule has 1 aromatic rings. The summed E-state index contributed by atoms with van der Waals surface area (Å²) in [6.45, 7) is 8.43. The van der Waals surface area contributed by atoms with Crippen LogP contribution >= 0.6 is 11.6 Å². The molecule has 0 amide bonds. The number of hydrogen-bond acceptors (Lipinski definition) is 2. The third-order valence-electron chi connectivity index (χ3n) is 2.49. The van der Waals surface area contributed by atoms with E-state index >= 15 is 0 Å². The zero-order chi connectivity index (χ0) is 15.0. The minimum absolute atomic E-state index is 0.347. The molecule has 0 saturated heterocycles. The Bertz CT molecular complexity index is 487. The fourth-order valence-electron chi connectivity index (χ4n) is 1.54. The van der Waals surface area contributed by atoms with Crippen molar-refractivity contribution in [2.75, 3.05) is 7.11 Å². The van der Waals surface area contributed by atoms with Crippen LogP contribution in [0.25, 0.3) is 0 Å². The van der Waals surface area contributed by atoms with Crippen molar-refractivity contribution >= 4 is 11.6 Å². The van der Waals surface area contributed by atoms with Gasteiger partial charge in [0.15, 0.2) is 0 Å². The Morgan fingerprint density at radius 3 is 2.50 bits per heavy atom. The number of methoxy groups -OCH3 is 1. The van der Waals surface area contributed by atoms with Gasteiger partial charge in [0.1, 0.15) is 18.1 Å². The van der Waals surface area contributed by atoms with Crippen LogP contribution in [0.15, 0.2) is 65.6 Å². The molecule has 0 aliphatic heterocycles. The van der Waals surface area contributed by atoms with Crippen LogP contribution in [0.5, 0.6) is 0 Å². The number of halogens is 1. The second-order valence-corrected chi connectivity index (χ2v) is 5.12. The summed E-state index contributed by atoms with van der Waals surface area (Å²) in [4.78, 5) is 0. The highest BCUT2D eigenvalue weighted by molar-refractivity contribution is 6.31. The van der Waals surface area contributed by atoms with Crippen molar-refractivity contribution in [1.29, 1.82) is 0 Å². The summed E-state index contributed by atoms with van der Waals surface area (Å²) in [5.74, 6) is 1.42. The second kappa shape index (κ2) is 8.49. The van der Waals surface area contributed by atoms with Gasteiger partial charge in [-0.25, -0.2) is 0 Å². The lowest BCUT2D eigenvalue weighted by atomic mass is 10.2. The first-order chi connectivity index (χ1) is 9.52. The van der Waals surface area contributed by atoms with Gasteiger partial charge in [-0.2, -0.15) is 0 Å². The molecule has 0 atom stereocenters. The van der Waals surface area contributed by atoms with Gasteiger partial charge in [-0.15, -0.1) is 0 Å². The Hall–Kier alpha value is -1.67. The molecule has 0 N–H and O–H groups in total. The fraction of sp³-hybridized carbons (Fsp3) is 0.294. The summed E-state index contributed by atoms with van der Waals surface area (Å²) in [7, 11) is 1.58. The SMILES string of the molecule is C=C(/C=C(OC)\C(Cl)=C/C(C)C)OCc1ccccc1. The molecule has 3 heteroatoms. The number of rotatable bonds is 7. The first kappa shape index (κ1) is 16.4. The molecule has 0 aliphatic carbocycles. The van der Waals surface area contributed by atoms with Gasteiger partial charge in [0.2, 0.25) is 0 Å². The Labute approximate surface area is 126 Å². The van der Waals surface area contributed by atoms with Crippen LogP contribution in [0.1, 0.15) is 19.4 Å². The number of hydrogen-bond donors (Lipinski definition) is 0. The smallest absolute Gasteiger partial charge is 0.140 e. The maximum absolute atomic E-state index is 6.17. The average Bonchev–Trinajstić information content (AvgIpc) is 2.42. The van der Waals surface area contributed by atoms with E-state index in [1.165, 1.54) is 0 Å². The maximum atomic E-state index is 6.17. The van der Waals surface area contributed by atoms with Crippen LogP contribution in [0.3, 0.4) is 0 Å². The minimum Gasteiger partial charge on any atom is -0.495 e. The first-order valence-electron chi connectivity index (χ1n) is 6.52. The molecule has 2 nitrogen and oxygen atoms in total. The molecular weight excluding hydrogens is 272 g/mol. The summed E-state index contributed by atoms with van der Waals surface area (Å²) in [5.41, 5.74) is 1.09. The molecule has 0 aromatic heterocycles. The van der Waals surface area contributed by atoms with E-state index in [-0.39, 0.29) is 0 Å². The number of benzene rings is 1. The molecule has 0 heterocycles. The van der Waals surface area contributed by atoms with Crippen LogP contribution in [0, 0.1) is 5.92 Å². The highest BCUT2D eigenvalue weighted by Gasteiger charge is 2.05. The second-order valence-electron chi connectivity index (χ2n) is 4.71. The minimum atomic E-state index is 0.347. The van der Waals surface area contributed by atoms with Crippen molar-refractivity contribution < 1.29 is 9.47 Å². The molecule has 0 unspecified atom stereocenters. The first-order valence-corrected chi connectivity index (χ1v) is 6.89. The lowest BCUT2D eigenvalue weighted by Crippen LogP contribution is -1.95. The number of ether oxygens (including phenoxy) is 2. The van der Waals surface area contributed by atoms with E-state index in [4.69, 9.17) is 21.1 Å². The fourth-order valence-corrected chi connectivity index (χ4v) is 1.92. The standard InChI is InChI=1S/C17H21ClO2/c1-13(2)10-16(18)17(19-4)11-14(3)20-12-15-8-6-5-7-9-15/h5-11,13H,3,12H2,1-2,4H3/b16-10+,17-11+. The lowest BCUT2D eigenvalue weighted by Gasteiger charge is -2.09. The molecule has 0 fully saturated rings. The predicted molar refractivity (Wildman–Crippen MR) is 84.2 cm³/mol. The van der Waals surface area contributed by atoms with E-state index in [0.717, 1.165) is 5.56 Å². The van der Waals surface area contributed by atoms with Gasteiger partial charge in [-0.1, -0.05) is 68.4 Å². The quantitative estimate of drug-likeness (QED) is 0.518. The molecule has 108 valence electrons. The van der Waals surface area contributed by atoms with E-state index < -0.39 is 0 Å². The number of allylic oxidation sites excluding steroid dienone is 3. The molecule has 0 spiro atoms. The molecule has 20 heavy (non-hydrogen) atoms. The maximum Gasteiger partial charge on any atom is 0.140 e. The summed E-state index contributed by atoms with van der Waals surface area (Å²) in [6.07, 6.45) is 3.62. The molecule has 0 bridgehead atoms. The van der Waals surface area contributed by atoms with Crippen molar-refractivity contribution in [3.63, 3.8) is 0 Å².